The van der Waals surface area contributed by atoms with Gasteiger partial charge in [-0.1, -0.05) is 0 Å². The van der Waals surface area contributed by atoms with Crippen LogP contribution in [0.3, 0.4) is 0 Å². The summed E-state index contributed by atoms with van der Waals surface area (Å²) in [6, 6.07) is 8.13. The lowest BCUT2D eigenvalue weighted by Crippen LogP contribution is -2.17. The molecule has 0 aliphatic carbocycles. The van der Waals surface area contributed by atoms with Gasteiger partial charge in [-0.2, -0.15) is 0 Å². The van der Waals surface area contributed by atoms with Crippen molar-refractivity contribution in [2.75, 3.05) is 37.8 Å². The van der Waals surface area contributed by atoms with Crippen molar-refractivity contribution in [3.8, 4) is 0 Å². The Hall–Kier alpha value is -1.22. The molecule has 15 heavy (non-hydrogen) atoms. The Bertz CT molecular complexity index is 263. The molecule has 3 heteroatoms. The highest BCUT2D eigenvalue weighted by molar-refractivity contribution is 5.53. The van der Waals surface area contributed by atoms with Gasteiger partial charge in [0, 0.05) is 24.5 Å². The SMILES string of the molecule is CNC.Nc1ccc(N2CCCC2)cc1. The van der Waals surface area contributed by atoms with Crippen LogP contribution in [0.5, 0.6) is 0 Å². The minimum Gasteiger partial charge on any atom is -0.399 e. The van der Waals surface area contributed by atoms with Crippen LogP contribution in [0, 0.1) is 0 Å². The smallest absolute Gasteiger partial charge is 0.0367 e. The number of nitrogens with zero attached hydrogens (tertiary/aromatic N) is 1. The van der Waals surface area contributed by atoms with Crippen LogP contribution in [0.1, 0.15) is 12.8 Å². The van der Waals surface area contributed by atoms with Crippen LogP contribution >= 0.6 is 0 Å². The highest BCUT2D eigenvalue weighted by Gasteiger charge is 2.11. The van der Waals surface area contributed by atoms with Crippen molar-refractivity contribution in [1.29, 1.82) is 0 Å². The number of hydrogen-bond acceptors (Lipinski definition) is 3. The molecule has 84 valence electrons. The Morgan fingerprint density at radius 1 is 1.07 bits per heavy atom. The van der Waals surface area contributed by atoms with Crippen molar-refractivity contribution in [3.05, 3.63) is 24.3 Å². The molecule has 3 N–H and O–H groups in total. The van der Waals surface area contributed by atoms with E-state index in [4.69, 9.17) is 5.73 Å². The van der Waals surface area contributed by atoms with Crippen molar-refractivity contribution in [2.24, 2.45) is 0 Å². The van der Waals surface area contributed by atoms with Gasteiger partial charge in [-0.05, 0) is 51.2 Å². The van der Waals surface area contributed by atoms with Gasteiger partial charge in [-0.25, -0.2) is 0 Å². The average Bonchev–Trinajstić information content (AvgIpc) is 2.73. The third-order valence-electron chi connectivity index (χ3n) is 2.36. The number of hydrogen-bond donors (Lipinski definition) is 2. The van der Waals surface area contributed by atoms with E-state index >= 15 is 0 Å². The van der Waals surface area contributed by atoms with Gasteiger partial charge in [0.15, 0.2) is 0 Å². The molecule has 1 aliphatic rings. The van der Waals surface area contributed by atoms with Gasteiger partial charge in [0.05, 0.1) is 0 Å². The minimum absolute atomic E-state index is 0.845. The van der Waals surface area contributed by atoms with Gasteiger partial charge >= 0.3 is 0 Å². The number of nitrogens with two attached hydrogens (primary N) is 1. The van der Waals surface area contributed by atoms with E-state index in [1.165, 1.54) is 31.6 Å². The van der Waals surface area contributed by atoms with Gasteiger partial charge in [0.1, 0.15) is 0 Å². The molecule has 0 atom stereocenters. The van der Waals surface area contributed by atoms with Crippen LogP contribution in [0.2, 0.25) is 0 Å². The maximum atomic E-state index is 5.61. The highest BCUT2D eigenvalue weighted by Crippen LogP contribution is 2.20. The van der Waals surface area contributed by atoms with Gasteiger partial charge < -0.3 is 16.0 Å². The summed E-state index contributed by atoms with van der Waals surface area (Å²) in [6.45, 7) is 2.40. The van der Waals surface area contributed by atoms with E-state index in [1.54, 1.807) is 0 Å². The molecule has 0 radical (unpaired) electrons. The molecule has 0 bridgehead atoms. The van der Waals surface area contributed by atoms with E-state index < -0.39 is 0 Å². The third-order valence-corrected chi connectivity index (χ3v) is 2.36. The van der Waals surface area contributed by atoms with Crippen LogP contribution in [-0.4, -0.2) is 27.2 Å². The molecule has 0 unspecified atom stereocenters. The molecule has 0 spiro atoms. The molecule has 0 amide bonds. The predicted molar refractivity (Wildman–Crippen MR) is 67.3 cm³/mol. The van der Waals surface area contributed by atoms with Crippen LogP contribution in [0.25, 0.3) is 0 Å². The summed E-state index contributed by atoms with van der Waals surface area (Å²) in [5.41, 5.74) is 7.76. The predicted octanol–water partition coefficient (Wildman–Crippen LogP) is 1.70. The topological polar surface area (TPSA) is 41.3 Å². The molecule has 1 saturated heterocycles. The minimum atomic E-state index is 0.845. The van der Waals surface area contributed by atoms with Crippen LogP contribution in [0.15, 0.2) is 24.3 Å². The lowest BCUT2D eigenvalue weighted by atomic mass is 10.2. The van der Waals surface area contributed by atoms with Crippen molar-refractivity contribution in [1.82, 2.24) is 5.32 Å². The third kappa shape index (κ3) is 3.80. The maximum Gasteiger partial charge on any atom is 0.0367 e. The lowest BCUT2D eigenvalue weighted by molar-refractivity contribution is 0.949. The Morgan fingerprint density at radius 3 is 2.00 bits per heavy atom. The molecule has 3 nitrogen and oxygen atoms in total. The largest absolute Gasteiger partial charge is 0.399 e. The molecule has 1 heterocycles. The number of rotatable bonds is 1. The summed E-state index contributed by atoms with van der Waals surface area (Å²) >= 11 is 0. The quantitative estimate of drug-likeness (QED) is 0.689. The molecule has 1 aromatic carbocycles. The van der Waals surface area contributed by atoms with Crippen molar-refractivity contribution < 1.29 is 0 Å². The Morgan fingerprint density at radius 2 is 1.53 bits per heavy atom. The van der Waals surface area contributed by atoms with Gasteiger partial charge in [0.25, 0.3) is 0 Å². The molecule has 1 fully saturated rings. The van der Waals surface area contributed by atoms with Crippen LogP contribution in [-0.2, 0) is 0 Å². The first kappa shape index (κ1) is 11.9. The zero-order chi connectivity index (χ0) is 11.1. The van der Waals surface area contributed by atoms with Crippen molar-refractivity contribution >= 4 is 11.4 Å². The Labute approximate surface area is 92.3 Å². The number of nitrogen functional groups attached to an aromatic ring is 1. The first-order valence-electron chi connectivity index (χ1n) is 5.47. The van der Waals surface area contributed by atoms with Gasteiger partial charge in [0.2, 0.25) is 0 Å². The number of anilines is 2. The second-order valence-corrected chi connectivity index (χ2v) is 3.79. The van der Waals surface area contributed by atoms with Crippen molar-refractivity contribution in [2.45, 2.75) is 12.8 Å². The standard InChI is InChI=1S/C10H14N2.C2H7N/c11-9-3-5-10(6-4-9)12-7-1-2-8-12;1-3-2/h3-6H,1-2,7-8,11H2;3H,1-2H3. The fourth-order valence-corrected chi connectivity index (χ4v) is 1.66. The van der Waals surface area contributed by atoms with E-state index in [-0.39, 0.29) is 0 Å². The maximum absolute atomic E-state index is 5.61. The normalized spacial score (nSPS) is 14.7. The second-order valence-electron chi connectivity index (χ2n) is 3.79. The number of benzene rings is 1. The monoisotopic (exact) mass is 207 g/mol. The summed E-state index contributed by atoms with van der Waals surface area (Å²) in [6.07, 6.45) is 2.65. The van der Waals surface area contributed by atoms with Crippen LogP contribution in [0.4, 0.5) is 11.4 Å². The Balaban J connectivity index is 0.000000337. The molecular formula is C12H21N3. The first-order valence-corrected chi connectivity index (χ1v) is 5.47. The number of nitrogens with one attached hydrogen (secondary N) is 1. The zero-order valence-corrected chi connectivity index (χ0v) is 9.66. The summed E-state index contributed by atoms with van der Waals surface area (Å²) in [5.74, 6) is 0. The van der Waals surface area contributed by atoms with E-state index in [0.29, 0.717) is 0 Å². The lowest BCUT2D eigenvalue weighted by Gasteiger charge is -2.17. The zero-order valence-electron chi connectivity index (χ0n) is 9.66. The van der Waals surface area contributed by atoms with Gasteiger partial charge in [-0.3, -0.25) is 0 Å². The van der Waals surface area contributed by atoms with Crippen LogP contribution < -0.4 is 16.0 Å². The molecular weight excluding hydrogens is 186 g/mol. The molecule has 1 aromatic rings. The average molecular weight is 207 g/mol. The fraction of sp³-hybridized carbons (Fsp3) is 0.500. The van der Waals surface area contributed by atoms with E-state index in [1.807, 2.05) is 26.2 Å². The summed E-state index contributed by atoms with van der Waals surface area (Å²) in [5, 5.41) is 2.75. The molecule has 0 aromatic heterocycles. The molecule has 0 saturated carbocycles. The first-order chi connectivity index (χ1) is 7.27. The highest BCUT2D eigenvalue weighted by atomic mass is 15.1. The fourth-order valence-electron chi connectivity index (χ4n) is 1.66. The molecule has 1 aliphatic heterocycles. The van der Waals surface area contributed by atoms with Gasteiger partial charge in [-0.15, -0.1) is 0 Å². The molecule has 2 rings (SSSR count). The van der Waals surface area contributed by atoms with E-state index in [0.717, 1.165) is 5.69 Å². The van der Waals surface area contributed by atoms with E-state index in [2.05, 4.69) is 22.3 Å². The summed E-state index contributed by atoms with van der Waals surface area (Å²) < 4.78 is 0. The van der Waals surface area contributed by atoms with E-state index in [9.17, 15) is 0 Å². The summed E-state index contributed by atoms with van der Waals surface area (Å²) in [4.78, 5) is 2.40. The second kappa shape index (κ2) is 6.30. The Kier molecular flexibility index (Phi) is 4.98. The van der Waals surface area contributed by atoms with Crippen molar-refractivity contribution in [3.63, 3.8) is 0 Å². The summed E-state index contributed by atoms with van der Waals surface area (Å²) in [7, 11) is 3.75.